The Labute approximate surface area is 163 Å². The van der Waals surface area contributed by atoms with E-state index in [1.54, 1.807) is 13.8 Å². The average Bonchev–Trinajstić information content (AvgIpc) is 2.45. The molecule has 2 unspecified atom stereocenters. The molecule has 0 spiro atoms. The summed E-state index contributed by atoms with van der Waals surface area (Å²) >= 11 is 0. The van der Waals surface area contributed by atoms with Crippen molar-refractivity contribution in [2.45, 2.75) is 71.5 Å². The third kappa shape index (κ3) is 10.5. The van der Waals surface area contributed by atoms with Crippen LogP contribution in [-0.2, 0) is 28.6 Å². The molecule has 2 atom stereocenters. The van der Waals surface area contributed by atoms with Gasteiger partial charge in [-0.05, 0) is 19.8 Å². The van der Waals surface area contributed by atoms with Crippen LogP contribution in [0.15, 0.2) is 12.2 Å². The van der Waals surface area contributed by atoms with E-state index in [0.29, 0.717) is 6.61 Å². The summed E-state index contributed by atoms with van der Waals surface area (Å²) in [6.45, 7) is 10.7. The Hall–Kier alpha value is 0.0800. The molecule has 0 aliphatic carbocycles. The maximum absolute atomic E-state index is 12.2. The van der Waals surface area contributed by atoms with Crippen molar-refractivity contribution in [3.63, 3.8) is 0 Å². The summed E-state index contributed by atoms with van der Waals surface area (Å²) in [7, 11) is -3.97. The number of hydrogen-bond donors (Lipinski definition) is 0. The van der Waals surface area contributed by atoms with Crippen LogP contribution in [0.3, 0.4) is 0 Å². The first-order valence-corrected chi connectivity index (χ1v) is 9.15. The summed E-state index contributed by atoms with van der Waals surface area (Å²) in [5.41, 5.74) is -0.871. The van der Waals surface area contributed by atoms with Crippen molar-refractivity contribution in [3.05, 3.63) is 12.2 Å². The van der Waals surface area contributed by atoms with Gasteiger partial charge >= 0.3 is 35.5 Å². The van der Waals surface area contributed by atoms with Gasteiger partial charge in [0, 0.05) is 18.6 Å². The Bertz CT molecular complexity index is 455. The summed E-state index contributed by atoms with van der Waals surface area (Å²) in [6.07, 6.45) is 2.11. The first-order valence-electron chi connectivity index (χ1n) is 7.68. The van der Waals surface area contributed by atoms with Gasteiger partial charge in [0.05, 0.1) is 0 Å². The first-order chi connectivity index (χ1) is 10.3. The van der Waals surface area contributed by atoms with E-state index < -0.39 is 27.8 Å². The van der Waals surface area contributed by atoms with Gasteiger partial charge in [0.1, 0.15) is 0 Å². The second-order valence-electron chi connectivity index (χ2n) is 5.03. The second-order valence-corrected chi connectivity index (χ2v) is 6.73. The molecule has 0 aliphatic heterocycles. The van der Waals surface area contributed by atoms with Crippen LogP contribution in [0, 0.1) is 0 Å². The summed E-state index contributed by atoms with van der Waals surface area (Å²) in [5, 5.41) is 0. The number of unbranched alkanes of at least 4 members (excludes halogenated alkanes) is 2. The number of esters is 1. The molecule has 0 heterocycles. The third-order valence-electron chi connectivity index (χ3n) is 2.87. The molecule has 0 saturated carbocycles. The minimum absolute atomic E-state index is 0. The maximum atomic E-state index is 12.2. The van der Waals surface area contributed by atoms with Crippen LogP contribution in [0.25, 0.3) is 0 Å². The van der Waals surface area contributed by atoms with Crippen molar-refractivity contribution in [1.29, 1.82) is 0 Å². The Morgan fingerprint density at radius 1 is 1.17 bits per heavy atom. The molecule has 0 rings (SSSR count). The largest absolute Gasteiger partial charge is 1.00 e. The normalized spacial score (nSPS) is 13.7. The monoisotopic (exact) mass is 360 g/mol. The first kappa shape index (κ1) is 25.3. The number of hydrogen-bond acceptors (Lipinski definition) is 6. The zero-order valence-corrected chi connectivity index (χ0v) is 17.8. The quantitative estimate of drug-likeness (QED) is 0.124. The van der Waals surface area contributed by atoms with Crippen LogP contribution in [0.1, 0.15) is 61.2 Å². The molecule has 132 valence electrons. The molecule has 0 saturated heterocycles. The molecule has 0 amide bonds. The van der Waals surface area contributed by atoms with Crippen molar-refractivity contribution in [2.75, 3.05) is 6.61 Å². The van der Waals surface area contributed by atoms with E-state index in [1.807, 2.05) is 0 Å². The summed E-state index contributed by atoms with van der Waals surface area (Å²) in [4.78, 5) is 11.5. The Morgan fingerprint density at radius 2 is 1.78 bits per heavy atom. The van der Waals surface area contributed by atoms with Crippen molar-refractivity contribution >= 4 is 16.1 Å². The predicted octanol–water partition coefficient (Wildman–Crippen LogP) is 0.248. The van der Waals surface area contributed by atoms with Crippen LogP contribution in [-0.4, -0.2) is 32.7 Å². The molecule has 0 radical (unpaired) electrons. The summed E-state index contributed by atoms with van der Waals surface area (Å²) in [5.74, 6) is -0.682. The van der Waals surface area contributed by atoms with Gasteiger partial charge in [-0.1, -0.05) is 40.2 Å². The fourth-order valence-electron chi connectivity index (χ4n) is 1.57. The molecule has 0 aliphatic rings. The van der Waals surface area contributed by atoms with Gasteiger partial charge in [0.2, 0.25) is 6.29 Å². The molecule has 8 heteroatoms. The van der Waals surface area contributed by atoms with E-state index >= 15 is 0 Å². The molecule has 0 aromatic heterocycles. The fourth-order valence-corrected chi connectivity index (χ4v) is 2.84. The average molecular weight is 360 g/mol. The van der Waals surface area contributed by atoms with Crippen molar-refractivity contribution < 1.29 is 57.9 Å². The van der Waals surface area contributed by atoms with E-state index in [0.717, 1.165) is 19.3 Å². The van der Waals surface area contributed by atoms with Gasteiger partial charge in [-0.3, -0.25) is 0 Å². The Balaban J connectivity index is -0.00000220. The zero-order chi connectivity index (χ0) is 17.2. The predicted molar refractivity (Wildman–Crippen MR) is 85.7 cm³/mol. The Kier molecular flexibility index (Phi) is 14.7. The van der Waals surface area contributed by atoms with E-state index in [1.165, 1.54) is 6.92 Å². The molecular formula is C15H29NaO6S. The standard InChI is InChI=1S/C15H28O6S.Na.H/c1-6-9-10-11-19-14(8-3)22(17,18)21-13(7-2)20-15(16)12(4)5;;/h13-14H,4,6-11H2,1-3,5H3;;/q;+1;-1. The van der Waals surface area contributed by atoms with Crippen molar-refractivity contribution in [2.24, 2.45) is 0 Å². The van der Waals surface area contributed by atoms with E-state index in [4.69, 9.17) is 13.7 Å². The number of rotatable bonds is 12. The molecular weight excluding hydrogens is 331 g/mol. The summed E-state index contributed by atoms with van der Waals surface area (Å²) in [6, 6.07) is 0. The van der Waals surface area contributed by atoms with E-state index in [9.17, 15) is 13.2 Å². The Morgan fingerprint density at radius 3 is 2.22 bits per heavy atom. The number of ether oxygens (including phenoxy) is 2. The molecule has 0 N–H and O–H groups in total. The number of carbonyl (C=O) groups is 1. The van der Waals surface area contributed by atoms with Crippen LogP contribution in [0.2, 0.25) is 0 Å². The minimum Gasteiger partial charge on any atom is -1.00 e. The SMILES string of the molecule is C=C(C)C(=O)OC(CC)OS(=O)(=O)C(CC)OCCCCC.[H-].[Na+]. The molecule has 23 heavy (non-hydrogen) atoms. The van der Waals surface area contributed by atoms with Crippen molar-refractivity contribution in [1.82, 2.24) is 0 Å². The van der Waals surface area contributed by atoms with Crippen LogP contribution < -0.4 is 29.6 Å². The molecule has 0 aromatic carbocycles. The van der Waals surface area contributed by atoms with Crippen LogP contribution in [0.4, 0.5) is 0 Å². The smallest absolute Gasteiger partial charge is 1.00 e. The van der Waals surface area contributed by atoms with Gasteiger partial charge in [-0.15, -0.1) is 0 Å². The summed E-state index contributed by atoms with van der Waals surface area (Å²) < 4.78 is 39.7. The topological polar surface area (TPSA) is 78.9 Å². The number of carbonyl (C=O) groups excluding carboxylic acids is 1. The zero-order valence-electron chi connectivity index (χ0n) is 16.0. The molecule has 0 bridgehead atoms. The van der Waals surface area contributed by atoms with Gasteiger partial charge in [-0.25, -0.2) is 8.98 Å². The van der Waals surface area contributed by atoms with E-state index in [2.05, 4.69) is 13.5 Å². The van der Waals surface area contributed by atoms with Gasteiger partial charge in [0.15, 0.2) is 5.44 Å². The molecule has 0 fully saturated rings. The van der Waals surface area contributed by atoms with Crippen LogP contribution in [0.5, 0.6) is 0 Å². The second kappa shape index (κ2) is 13.4. The van der Waals surface area contributed by atoms with Crippen molar-refractivity contribution in [3.8, 4) is 0 Å². The van der Waals surface area contributed by atoms with E-state index in [-0.39, 0.29) is 49.4 Å². The van der Waals surface area contributed by atoms with Gasteiger partial charge < -0.3 is 10.9 Å². The molecule has 6 nitrogen and oxygen atoms in total. The van der Waals surface area contributed by atoms with Gasteiger partial charge in [-0.2, -0.15) is 8.42 Å². The fraction of sp³-hybridized carbons (Fsp3) is 0.800. The van der Waals surface area contributed by atoms with Gasteiger partial charge in [0.25, 0.3) is 10.1 Å². The minimum atomic E-state index is -3.97. The maximum Gasteiger partial charge on any atom is 1.00 e. The van der Waals surface area contributed by atoms with Crippen LogP contribution >= 0.6 is 0 Å². The third-order valence-corrected chi connectivity index (χ3v) is 4.46. The molecule has 0 aromatic rings.